The maximum absolute atomic E-state index is 12.9. The van der Waals surface area contributed by atoms with Crippen molar-refractivity contribution in [2.24, 2.45) is 5.92 Å². The Morgan fingerprint density at radius 2 is 2.06 bits per heavy atom. The number of aromatic nitrogens is 4. The zero-order valence-corrected chi connectivity index (χ0v) is 19.6. The van der Waals surface area contributed by atoms with Gasteiger partial charge in [0, 0.05) is 18.1 Å². The predicted molar refractivity (Wildman–Crippen MR) is 126 cm³/mol. The predicted octanol–water partition coefficient (Wildman–Crippen LogP) is 4.21. The number of hydrogen-bond donors (Lipinski definition) is 1. The van der Waals surface area contributed by atoms with Gasteiger partial charge < -0.3 is 5.32 Å². The molecule has 0 fully saturated rings. The normalized spacial score (nSPS) is 11.6. The molecule has 0 unspecified atom stereocenters. The second kappa shape index (κ2) is 9.42. The maximum atomic E-state index is 12.9. The quantitative estimate of drug-likeness (QED) is 0.386. The van der Waals surface area contributed by atoms with Gasteiger partial charge in [-0.15, -0.1) is 21.5 Å². The molecule has 7 nitrogen and oxygen atoms in total. The van der Waals surface area contributed by atoms with Gasteiger partial charge in [0.05, 0.1) is 11.3 Å². The Morgan fingerprint density at radius 1 is 1.26 bits per heavy atom. The molecule has 4 rings (SSSR count). The Kier molecular flexibility index (Phi) is 6.64. The molecule has 162 valence electrons. The lowest BCUT2D eigenvalue weighted by Crippen LogP contribution is -2.25. The summed E-state index contributed by atoms with van der Waals surface area (Å²) in [5.74, 6) is 1.03. The van der Waals surface area contributed by atoms with Gasteiger partial charge in [-0.1, -0.05) is 55.4 Å². The van der Waals surface area contributed by atoms with Crippen LogP contribution in [0.3, 0.4) is 0 Å². The molecule has 0 saturated heterocycles. The fraction of sp³-hybridized carbons (Fsp3) is 0.333. The average Bonchev–Trinajstić information content (AvgIpc) is 3.38. The summed E-state index contributed by atoms with van der Waals surface area (Å²) in [6, 6.07) is 9.31. The van der Waals surface area contributed by atoms with Crippen LogP contribution in [0.1, 0.15) is 25.8 Å². The third-order valence-corrected chi connectivity index (χ3v) is 7.07. The van der Waals surface area contributed by atoms with Gasteiger partial charge in [0.25, 0.3) is 5.56 Å². The first-order chi connectivity index (χ1) is 15.0. The van der Waals surface area contributed by atoms with Gasteiger partial charge >= 0.3 is 0 Å². The standard InChI is InChI=1S/C21H22ClN5O2S2/c1-13(2)7-9-26-19(29)18-16(8-10-30-18)27-20(26)24-25-21(27)31-12-17(28)23-11-14-5-3-4-6-15(14)22/h3-6,8,10,13H,7,9,11-12H2,1-2H3,(H,23,28). The van der Waals surface area contributed by atoms with Crippen molar-refractivity contribution in [1.29, 1.82) is 0 Å². The van der Waals surface area contributed by atoms with E-state index in [0.717, 1.165) is 17.5 Å². The number of fused-ring (bicyclic) bond motifs is 3. The lowest BCUT2D eigenvalue weighted by atomic mass is 10.1. The van der Waals surface area contributed by atoms with E-state index in [1.807, 2.05) is 34.0 Å². The largest absolute Gasteiger partial charge is 0.351 e. The molecule has 3 heterocycles. The fourth-order valence-electron chi connectivity index (χ4n) is 3.20. The van der Waals surface area contributed by atoms with E-state index < -0.39 is 0 Å². The van der Waals surface area contributed by atoms with Gasteiger partial charge in [0.1, 0.15) is 4.70 Å². The van der Waals surface area contributed by atoms with E-state index in [0.29, 0.717) is 39.7 Å². The Balaban J connectivity index is 1.55. The minimum Gasteiger partial charge on any atom is -0.351 e. The summed E-state index contributed by atoms with van der Waals surface area (Å²) in [6.07, 6.45) is 0.867. The third-order valence-electron chi connectivity index (χ3n) is 4.88. The number of nitrogens with zero attached hydrogens (tertiary/aromatic N) is 4. The zero-order chi connectivity index (χ0) is 22.0. The number of halogens is 1. The fourth-order valence-corrected chi connectivity index (χ4v) is 5.00. The van der Waals surface area contributed by atoms with Crippen molar-refractivity contribution in [3.63, 3.8) is 0 Å². The second-order valence-electron chi connectivity index (χ2n) is 7.55. The van der Waals surface area contributed by atoms with Crippen molar-refractivity contribution >= 4 is 56.6 Å². The number of thiophene rings is 1. The molecule has 0 atom stereocenters. The molecule has 31 heavy (non-hydrogen) atoms. The highest BCUT2D eigenvalue weighted by Gasteiger charge is 2.18. The summed E-state index contributed by atoms with van der Waals surface area (Å²) in [4.78, 5) is 25.3. The first-order valence-electron chi connectivity index (χ1n) is 9.93. The molecule has 0 aliphatic heterocycles. The summed E-state index contributed by atoms with van der Waals surface area (Å²) in [5.41, 5.74) is 1.60. The van der Waals surface area contributed by atoms with Crippen LogP contribution in [0.4, 0.5) is 0 Å². The van der Waals surface area contributed by atoms with Crippen LogP contribution in [0.25, 0.3) is 16.0 Å². The molecule has 0 aliphatic rings. The molecule has 0 bridgehead atoms. The maximum Gasteiger partial charge on any atom is 0.272 e. The van der Waals surface area contributed by atoms with Crippen LogP contribution in [-0.2, 0) is 17.9 Å². The summed E-state index contributed by atoms with van der Waals surface area (Å²) >= 11 is 8.85. The molecule has 1 amide bonds. The molecule has 0 aliphatic carbocycles. The van der Waals surface area contributed by atoms with E-state index in [4.69, 9.17) is 11.6 Å². The molecule has 4 aromatic rings. The van der Waals surface area contributed by atoms with Crippen molar-refractivity contribution < 1.29 is 4.79 Å². The van der Waals surface area contributed by atoms with E-state index in [1.54, 1.807) is 10.6 Å². The molecule has 10 heteroatoms. The van der Waals surface area contributed by atoms with E-state index in [2.05, 4.69) is 29.4 Å². The topological polar surface area (TPSA) is 81.3 Å². The summed E-state index contributed by atoms with van der Waals surface area (Å²) < 4.78 is 4.23. The third kappa shape index (κ3) is 4.63. The SMILES string of the molecule is CC(C)CCn1c(=O)c2sccc2n2c(SCC(=O)NCc3ccccc3Cl)nnc12. The van der Waals surface area contributed by atoms with Crippen LogP contribution < -0.4 is 10.9 Å². The first kappa shape index (κ1) is 21.9. The Bertz CT molecular complexity index is 1290. The number of benzene rings is 1. The number of nitrogens with one attached hydrogen (secondary N) is 1. The molecule has 0 saturated carbocycles. The highest BCUT2D eigenvalue weighted by atomic mass is 35.5. The van der Waals surface area contributed by atoms with Crippen molar-refractivity contribution in [2.45, 2.75) is 38.5 Å². The number of carbonyl (C=O) groups excluding carboxylic acids is 1. The summed E-state index contributed by atoms with van der Waals surface area (Å²) in [7, 11) is 0. The highest BCUT2D eigenvalue weighted by Crippen LogP contribution is 2.24. The Morgan fingerprint density at radius 3 is 2.84 bits per heavy atom. The van der Waals surface area contributed by atoms with Crippen LogP contribution >= 0.6 is 34.7 Å². The van der Waals surface area contributed by atoms with E-state index >= 15 is 0 Å². The van der Waals surface area contributed by atoms with E-state index in [9.17, 15) is 9.59 Å². The van der Waals surface area contributed by atoms with Gasteiger partial charge in [-0.3, -0.25) is 18.6 Å². The summed E-state index contributed by atoms with van der Waals surface area (Å²) in [5, 5.41) is 14.5. The molecule has 1 aromatic carbocycles. The first-order valence-corrected chi connectivity index (χ1v) is 12.2. The van der Waals surface area contributed by atoms with Gasteiger partial charge in [0.15, 0.2) is 5.16 Å². The average molecular weight is 476 g/mol. The number of aryl methyl sites for hydroxylation is 1. The van der Waals surface area contributed by atoms with Crippen LogP contribution in [0.5, 0.6) is 0 Å². The van der Waals surface area contributed by atoms with Gasteiger partial charge in [-0.2, -0.15) is 0 Å². The Labute approximate surface area is 192 Å². The van der Waals surface area contributed by atoms with Crippen molar-refractivity contribution in [2.75, 3.05) is 5.75 Å². The molecular weight excluding hydrogens is 454 g/mol. The molecule has 0 radical (unpaired) electrons. The second-order valence-corrected chi connectivity index (χ2v) is 9.81. The van der Waals surface area contributed by atoms with Crippen LogP contribution in [0, 0.1) is 5.92 Å². The van der Waals surface area contributed by atoms with Crippen molar-refractivity contribution in [1.82, 2.24) is 24.5 Å². The summed E-state index contributed by atoms with van der Waals surface area (Å²) in [6.45, 7) is 5.19. The number of carbonyl (C=O) groups is 1. The van der Waals surface area contributed by atoms with Crippen molar-refractivity contribution in [3.8, 4) is 0 Å². The Hall–Kier alpha value is -2.36. The molecule has 0 spiro atoms. The van der Waals surface area contributed by atoms with Crippen LogP contribution in [0.15, 0.2) is 45.7 Å². The molecule has 1 N–H and O–H groups in total. The van der Waals surface area contributed by atoms with Crippen molar-refractivity contribution in [3.05, 3.63) is 56.7 Å². The van der Waals surface area contributed by atoms with Gasteiger partial charge in [0.2, 0.25) is 11.7 Å². The number of thioether (sulfide) groups is 1. The minimum atomic E-state index is -0.128. The number of amides is 1. The van der Waals surface area contributed by atoms with Crippen LogP contribution in [-0.4, -0.2) is 30.8 Å². The zero-order valence-electron chi connectivity index (χ0n) is 17.2. The molecule has 3 aromatic heterocycles. The monoisotopic (exact) mass is 475 g/mol. The molecular formula is C21H22ClN5O2S2. The van der Waals surface area contributed by atoms with E-state index in [1.165, 1.54) is 23.1 Å². The number of rotatable bonds is 8. The van der Waals surface area contributed by atoms with E-state index in [-0.39, 0.29) is 17.2 Å². The number of hydrogen-bond acceptors (Lipinski definition) is 6. The smallest absolute Gasteiger partial charge is 0.272 e. The van der Waals surface area contributed by atoms with Gasteiger partial charge in [-0.05, 0) is 35.4 Å². The minimum absolute atomic E-state index is 0.0421. The lowest BCUT2D eigenvalue weighted by molar-refractivity contribution is -0.118. The van der Waals surface area contributed by atoms with Gasteiger partial charge in [-0.25, -0.2) is 0 Å². The highest BCUT2D eigenvalue weighted by molar-refractivity contribution is 7.99. The lowest BCUT2D eigenvalue weighted by Gasteiger charge is -2.10. The van der Waals surface area contributed by atoms with Crippen LogP contribution in [0.2, 0.25) is 5.02 Å².